The number of aromatic nitrogens is 2. The van der Waals surface area contributed by atoms with Gasteiger partial charge in [0.05, 0.1) is 12.5 Å². The van der Waals surface area contributed by atoms with Crippen molar-refractivity contribution >= 4 is 29.8 Å². The summed E-state index contributed by atoms with van der Waals surface area (Å²) in [6.07, 6.45) is -6.28. The van der Waals surface area contributed by atoms with Crippen molar-refractivity contribution in [2.24, 2.45) is 11.7 Å². The van der Waals surface area contributed by atoms with E-state index in [1.54, 1.807) is 13.8 Å². The number of aliphatic hydroxyl groups is 4. The van der Waals surface area contributed by atoms with Crippen LogP contribution in [-0.4, -0.2) is 227 Å². The number of H-pyrrole nitrogens is 1. The predicted octanol–water partition coefficient (Wildman–Crippen LogP) is -0.222. The van der Waals surface area contributed by atoms with E-state index < -0.39 is 170 Å². The Labute approximate surface area is 470 Å². The molecule has 27 nitrogen and oxygen atoms in total. The van der Waals surface area contributed by atoms with Gasteiger partial charge in [-0.3, -0.25) is 38.4 Å². The summed E-state index contributed by atoms with van der Waals surface area (Å²) in [6.45, 7) is 4.72. The van der Waals surface area contributed by atoms with Gasteiger partial charge in [0.25, 0.3) is 5.56 Å². The minimum Gasteiger partial charge on any atom is -0.480 e. The first kappa shape index (κ1) is 66.8. The van der Waals surface area contributed by atoms with E-state index in [4.69, 9.17) is 53.1 Å². The number of esters is 3. The first-order chi connectivity index (χ1) is 38.6. The summed E-state index contributed by atoms with van der Waals surface area (Å²) in [5, 5.41) is 55.2. The number of carbonyl (C=O) groups excluding carboxylic acids is 4. The summed E-state index contributed by atoms with van der Waals surface area (Å²) in [6, 6.07) is -2.63. The summed E-state index contributed by atoms with van der Waals surface area (Å²) in [5.74, 6) is -5.65. The Morgan fingerprint density at radius 1 is 0.790 bits per heavy atom. The SMILES string of the molecule is CCCCCC=CCC=CCCCCC(CC(=O)OC1CN(C)C(C(OC2OC(CN)C(O)C2O)C2OC(n3ccc(=O)[nH]c3=O)C(O)C2O)C(=O)N(C)C1C(=O)O)OC(=O)CC(C)CC(=O)OC1OC(C)C(OC)C(OC)C1OC. The smallest absolute Gasteiger partial charge is 0.330 e. The first-order valence-corrected chi connectivity index (χ1v) is 27.6. The number of likely N-dealkylation sites (N-methyl/N-ethyl adjacent to an activating group) is 2. The van der Waals surface area contributed by atoms with Crippen LogP contribution in [0.5, 0.6) is 0 Å². The lowest BCUT2D eigenvalue weighted by molar-refractivity contribution is -0.297. The van der Waals surface area contributed by atoms with Crippen molar-refractivity contribution in [3.8, 4) is 0 Å². The second kappa shape index (κ2) is 32.2. The van der Waals surface area contributed by atoms with Crippen LogP contribution in [-0.2, 0) is 71.3 Å². The van der Waals surface area contributed by atoms with Gasteiger partial charge in [-0.2, -0.15) is 0 Å². The number of hydrogen-bond acceptors (Lipinski definition) is 23. The number of aliphatic carboxylic acids is 1. The van der Waals surface area contributed by atoms with Crippen molar-refractivity contribution in [2.75, 3.05) is 48.5 Å². The van der Waals surface area contributed by atoms with Crippen LogP contribution in [0.1, 0.15) is 104 Å². The predicted molar refractivity (Wildman–Crippen MR) is 284 cm³/mol. The molecule has 0 aromatic carbocycles. The standard InChI is InChI=1S/C54H85N5O22/c1-9-10-11-12-13-14-15-16-17-18-19-20-21-31(76-35(61)24-29(2)25-36(62)79-53-48(74-8)47(73-7)44(72-6)30(3)75-53)26-37(63)77-33-28-57(4)39(49(68)58(5)38(33)51(69)70)45(81-52-43(67)40(64)32(27-55)78-52)46-41(65)42(66)50(80-46)59-23-22-34(60)56-54(59)71/h13-14,16-17,22-23,29-33,38-48,50,52-53,64-67H,9-12,15,18-21,24-28,55H2,1-8H3,(H,69,70)(H,56,60,71). The van der Waals surface area contributed by atoms with E-state index in [9.17, 15) is 59.1 Å². The fourth-order valence-electron chi connectivity index (χ4n) is 10.6. The van der Waals surface area contributed by atoms with Gasteiger partial charge in [0.1, 0.15) is 79.3 Å². The van der Waals surface area contributed by atoms with Crippen LogP contribution in [0.3, 0.4) is 0 Å². The van der Waals surface area contributed by atoms with E-state index in [1.165, 1.54) is 39.7 Å². The Balaban J connectivity index is 1.33. The average molecular weight is 1160 g/mol. The summed E-state index contributed by atoms with van der Waals surface area (Å²) in [5.41, 5.74) is 3.94. The highest BCUT2D eigenvalue weighted by atomic mass is 16.7. The summed E-state index contributed by atoms with van der Waals surface area (Å²) < 4.78 is 58.7. The molecule has 5 rings (SSSR count). The molecule has 4 aliphatic heterocycles. The van der Waals surface area contributed by atoms with Crippen LogP contribution in [0.25, 0.3) is 0 Å². The Morgan fingerprint density at radius 2 is 1.43 bits per heavy atom. The molecule has 5 heterocycles. The van der Waals surface area contributed by atoms with E-state index in [1.807, 2.05) is 11.1 Å². The number of nitrogens with two attached hydrogens (primary N) is 1. The highest BCUT2D eigenvalue weighted by Crippen LogP contribution is 2.37. The lowest BCUT2D eigenvalue weighted by Gasteiger charge is -2.43. The molecule has 0 spiro atoms. The number of methoxy groups -OCH3 is 3. The quantitative estimate of drug-likeness (QED) is 0.0227. The van der Waals surface area contributed by atoms with Crippen molar-refractivity contribution in [1.29, 1.82) is 0 Å². The van der Waals surface area contributed by atoms with E-state index >= 15 is 0 Å². The number of carboxylic acids is 1. The van der Waals surface area contributed by atoms with Gasteiger partial charge in [0, 0.05) is 66.6 Å². The molecule has 458 valence electrons. The number of ether oxygens (including phenoxy) is 10. The molecular formula is C54H85N5O22. The number of allylic oxidation sites excluding steroid dienone is 4. The molecule has 0 radical (unpaired) electrons. The van der Waals surface area contributed by atoms with Gasteiger partial charge < -0.3 is 83.5 Å². The van der Waals surface area contributed by atoms with Crippen LogP contribution in [0.4, 0.5) is 0 Å². The zero-order valence-corrected chi connectivity index (χ0v) is 47.4. The van der Waals surface area contributed by atoms with E-state index in [-0.39, 0.29) is 25.8 Å². The Kier molecular flexibility index (Phi) is 26.5. The van der Waals surface area contributed by atoms with Crippen molar-refractivity contribution in [3.63, 3.8) is 0 Å². The van der Waals surface area contributed by atoms with E-state index in [2.05, 4.69) is 25.2 Å². The monoisotopic (exact) mass is 1160 g/mol. The van der Waals surface area contributed by atoms with E-state index in [0.29, 0.717) is 19.3 Å². The number of nitrogens with one attached hydrogen (secondary N) is 1. The third-order valence-electron chi connectivity index (χ3n) is 15.0. The molecule has 19 atom stereocenters. The number of carboxylic acid groups (broad SMARTS) is 1. The Bertz CT molecular complexity index is 2370. The van der Waals surface area contributed by atoms with Gasteiger partial charge in [0.2, 0.25) is 12.2 Å². The number of aliphatic hydroxyl groups excluding tert-OH is 4. The zero-order valence-electron chi connectivity index (χ0n) is 47.4. The largest absolute Gasteiger partial charge is 0.480 e. The van der Waals surface area contributed by atoms with E-state index in [0.717, 1.165) is 54.5 Å². The molecule has 27 heteroatoms. The molecule has 1 amide bonds. The fraction of sp³-hybridized carbons (Fsp3) is 0.759. The highest BCUT2D eigenvalue weighted by Gasteiger charge is 2.57. The summed E-state index contributed by atoms with van der Waals surface area (Å²) in [7, 11) is 6.85. The molecular weight excluding hydrogens is 1070 g/mol. The molecule has 1 aromatic rings. The van der Waals surface area contributed by atoms with Gasteiger partial charge in [-0.05, 0) is 64.8 Å². The molecule has 0 bridgehead atoms. The Morgan fingerprint density at radius 3 is 2.04 bits per heavy atom. The number of hydrogen-bond donors (Lipinski definition) is 7. The average Bonchev–Trinajstić information content (AvgIpc) is 3.83. The maximum atomic E-state index is 14.7. The molecule has 81 heavy (non-hydrogen) atoms. The van der Waals surface area contributed by atoms with Crippen LogP contribution >= 0.6 is 0 Å². The van der Waals surface area contributed by atoms with Gasteiger partial charge in [-0.1, -0.05) is 51.0 Å². The molecule has 4 saturated heterocycles. The number of carbonyl (C=O) groups is 5. The van der Waals surface area contributed by atoms with Crippen LogP contribution < -0.4 is 17.0 Å². The lowest BCUT2D eigenvalue weighted by Crippen LogP contribution is -2.59. The lowest BCUT2D eigenvalue weighted by atomic mass is 9.97. The van der Waals surface area contributed by atoms with Crippen molar-refractivity contribution in [3.05, 3.63) is 57.4 Å². The topological polar surface area (TPSA) is 366 Å². The maximum absolute atomic E-state index is 14.7. The van der Waals surface area contributed by atoms with Crippen LogP contribution in [0, 0.1) is 5.92 Å². The van der Waals surface area contributed by atoms with Crippen molar-refractivity contribution in [2.45, 2.75) is 208 Å². The number of unbranched alkanes of at least 4 members (excludes halogenated alkanes) is 5. The van der Waals surface area contributed by atoms with Crippen molar-refractivity contribution < 1.29 is 96.9 Å². The molecule has 1 aromatic heterocycles. The molecule has 4 aliphatic rings. The molecule has 8 N–H and O–H groups in total. The number of aromatic amines is 1. The number of rotatable bonds is 30. The van der Waals surface area contributed by atoms with Crippen LogP contribution in [0.15, 0.2) is 46.2 Å². The van der Waals surface area contributed by atoms with Gasteiger partial charge in [-0.25, -0.2) is 9.59 Å². The normalized spacial score (nSPS) is 32.2. The maximum Gasteiger partial charge on any atom is 0.330 e. The second-order valence-electron chi connectivity index (χ2n) is 21.1. The van der Waals surface area contributed by atoms with Crippen LogP contribution in [0.2, 0.25) is 0 Å². The van der Waals surface area contributed by atoms with Gasteiger partial charge in [0.15, 0.2) is 18.6 Å². The molecule has 0 aliphatic carbocycles. The Hall–Kier alpha value is -5.01. The number of amides is 1. The first-order valence-electron chi connectivity index (χ1n) is 27.6. The third-order valence-corrected chi connectivity index (χ3v) is 15.0. The number of nitrogens with zero attached hydrogens (tertiary/aromatic N) is 3. The fourth-order valence-corrected chi connectivity index (χ4v) is 10.6. The summed E-state index contributed by atoms with van der Waals surface area (Å²) in [4.78, 5) is 97.6. The minimum atomic E-state index is -1.97. The zero-order chi connectivity index (χ0) is 59.7. The molecule has 4 fully saturated rings. The highest BCUT2D eigenvalue weighted by molar-refractivity contribution is 5.88. The van der Waals surface area contributed by atoms with Gasteiger partial charge >= 0.3 is 29.6 Å². The third kappa shape index (κ3) is 17.8. The molecule has 0 saturated carbocycles. The molecule has 19 unspecified atom stereocenters. The van der Waals surface area contributed by atoms with Crippen molar-refractivity contribution in [1.82, 2.24) is 19.4 Å². The minimum absolute atomic E-state index is 0.185. The van der Waals surface area contributed by atoms with Gasteiger partial charge in [-0.15, -0.1) is 0 Å². The summed E-state index contributed by atoms with van der Waals surface area (Å²) >= 11 is 0. The second-order valence-corrected chi connectivity index (χ2v) is 21.1.